The van der Waals surface area contributed by atoms with E-state index in [0.29, 0.717) is 6.54 Å². The van der Waals surface area contributed by atoms with Crippen molar-refractivity contribution in [3.8, 4) is 0 Å². The molecule has 2 rings (SSSR count). The Bertz CT molecular complexity index is 692. The first kappa shape index (κ1) is 25.3. The van der Waals surface area contributed by atoms with Gasteiger partial charge in [-0.1, -0.05) is 36.4 Å². The molecule has 0 bridgehead atoms. The van der Waals surface area contributed by atoms with E-state index in [1.807, 2.05) is 30.3 Å². The van der Waals surface area contributed by atoms with Crippen molar-refractivity contribution in [1.82, 2.24) is 16.0 Å². The molecule has 0 saturated heterocycles. The normalized spacial score (nSPS) is 10.7. The second-order valence-corrected chi connectivity index (χ2v) is 6.95. The van der Waals surface area contributed by atoms with Crippen LogP contribution in [0, 0.1) is 0 Å². The van der Waals surface area contributed by atoms with E-state index >= 15 is 0 Å². The molecule has 0 aliphatic rings. The molecule has 0 radical (unpaired) electrons. The van der Waals surface area contributed by atoms with Crippen LogP contribution in [0.15, 0.2) is 42.5 Å². The number of hydrogen-bond acceptors (Lipinski definition) is 5. The van der Waals surface area contributed by atoms with E-state index in [-0.39, 0.29) is 18.3 Å². The molecule has 1 amide bonds. The summed E-state index contributed by atoms with van der Waals surface area (Å²) < 4.78 is 0. The van der Waals surface area contributed by atoms with Crippen LogP contribution < -0.4 is 27.0 Å². The highest BCUT2D eigenvalue weighted by atomic mass is 35.5. The monoisotopic (exact) mass is 421 g/mol. The predicted octanol–water partition coefficient (Wildman–Crippen LogP) is 2.49. The Morgan fingerprint density at radius 2 is 1.38 bits per heavy atom. The van der Waals surface area contributed by atoms with Gasteiger partial charge in [0.15, 0.2) is 0 Å². The lowest BCUT2D eigenvalue weighted by Crippen LogP contribution is -2.30. The van der Waals surface area contributed by atoms with E-state index in [2.05, 4.69) is 33.4 Å². The van der Waals surface area contributed by atoms with Crippen molar-refractivity contribution in [1.29, 1.82) is 0 Å². The molecule has 2 aromatic rings. The lowest BCUT2D eigenvalue weighted by molar-refractivity contribution is -0.115. The molecule has 0 spiro atoms. The van der Waals surface area contributed by atoms with Gasteiger partial charge in [-0.15, -0.1) is 12.4 Å². The number of carbonyl (C=O) groups is 1. The number of benzene rings is 2. The highest BCUT2D eigenvalue weighted by Crippen LogP contribution is 2.22. The number of unbranched alkanes of at least 4 members (excludes halogenated alkanes) is 1. The van der Waals surface area contributed by atoms with Crippen molar-refractivity contribution in [2.75, 3.05) is 51.1 Å². The van der Waals surface area contributed by atoms with Gasteiger partial charge >= 0.3 is 0 Å². The first-order valence-electron chi connectivity index (χ1n) is 10.4. The van der Waals surface area contributed by atoms with Crippen LogP contribution >= 0.6 is 12.4 Å². The third kappa shape index (κ3) is 10.6. The summed E-state index contributed by atoms with van der Waals surface area (Å²) >= 11 is 0. The first-order valence-corrected chi connectivity index (χ1v) is 10.4. The van der Waals surface area contributed by atoms with Crippen molar-refractivity contribution in [2.45, 2.75) is 25.7 Å². The highest BCUT2D eigenvalue weighted by Gasteiger charge is 2.05. The molecule has 6 N–H and O–H groups in total. The zero-order chi connectivity index (χ0) is 19.9. The number of halogens is 1. The summed E-state index contributed by atoms with van der Waals surface area (Å²) in [6.45, 7) is 6.01. The zero-order valence-electron chi connectivity index (χ0n) is 17.2. The molecule has 29 heavy (non-hydrogen) atoms. The van der Waals surface area contributed by atoms with Crippen molar-refractivity contribution in [3.63, 3.8) is 0 Å². The van der Waals surface area contributed by atoms with Crippen molar-refractivity contribution >= 4 is 34.8 Å². The van der Waals surface area contributed by atoms with Crippen molar-refractivity contribution in [2.24, 2.45) is 5.73 Å². The minimum absolute atomic E-state index is 0. The SMILES string of the molecule is Cl.NCCCNCCCCNCCCNCC(=O)Nc1cccc2ccccc12. The second kappa shape index (κ2) is 16.1. The molecule has 0 saturated carbocycles. The van der Waals surface area contributed by atoms with Gasteiger partial charge in [-0.3, -0.25) is 4.79 Å². The number of anilines is 1. The first-order chi connectivity index (χ1) is 13.8. The number of carbonyl (C=O) groups excluding carboxylic acids is 1. The molecule has 0 fully saturated rings. The highest BCUT2D eigenvalue weighted by molar-refractivity contribution is 6.02. The summed E-state index contributed by atoms with van der Waals surface area (Å²) in [6, 6.07) is 14.0. The minimum Gasteiger partial charge on any atom is -0.330 e. The van der Waals surface area contributed by atoms with Gasteiger partial charge in [0.1, 0.15) is 0 Å². The average Bonchev–Trinajstić information content (AvgIpc) is 2.72. The molecule has 6 nitrogen and oxygen atoms in total. The lowest BCUT2D eigenvalue weighted by Gasteiger charge is -2.10. The Morgan fingerprint density at radius 1 is 0.759 bits per heavy atom. The Labute approximate surface area is 180 Å². The fraction of sp³-hybridized carbons (Fsp3) is 0.500. The predicted molar refractivity (Wildman–Crippen MR) is 126 cm³/mol. The Kier molecular flexibility index (Phi) is 14.1. The van der Waals surface area contributed by atoms with E-state index in [4.69, 9.17) is 5.73 Å². The van der Waals surface area contributed by atoms with Crippen molar-refractivity contribution < 1.29 is 4.79 Å². The molecule has 0 aliphatic heterocycles. The number of fused-ring (bicyclic) bond motifs is 1. The van der Waals surface area contributed by atoms with Gasteiger partial charge in [-0.2, -0.15) is 0 Å². The van der Waals surface area contributed by atoms with E-state index in [1.165, 1.54) is 12.8 Å². The number of nitrogens with two attached hydrogens (primary N) is 1. The summed E-state index contributed by atoms with van der Waals surface area (Å²) in [5, 5.41) is 15.2. The van der Waals surface area contributed by atoms with E-state index < -0.39 is 0 Å². The maximum absolute atomic E-state index is 12.2. The fourth-order valence-electron chi connectivity index (χ4n) is 3.05. The molecule has 162 valence electrons. The van der Waals surface area contributed by atoms with Gasteiger partial charge in [-0.25, -0.2) is 0 Å². The maximum Gasteiger partial charge on any atom is 0.238 e. The number of hydrogen-bond donors (Lipinski definition) is 5. The minimum atomic E-state index is -0.00792. The maximum atomic E-state index is 12.2. The van der Waals surface area contributed by atoms with Gasteiger partial charge < -0.3 is 27.0 Å². The molecule has 0 atom stereocenters. The van der Waals surface area contributed by atoms with Crippen LogP contribution in [0.25, 0.3) is 10.8 Å². The molecular formula is C22H36ClN5O. The standard InChI is InChI=1S/C22H35N5O.ClH/c23-12-6-15-24-13-3-4-14-25-16-7-17-26-18-22(28)27-21-11-5-9-19-8-1-2-10-20(19)21;/h1-2,5,8-11,24-26H,3-4,6-7,12-18,23H2,(H,27,28);1H. The van der Waals surface area contributed by atoms with Gasteiger partial charge in [0.2, 0.25) is 5.91 Å². The van der Waals surface area contributed by atoms with E-state index in [9.17, 15) is 4.79 Å². The quantitative estimate of drug-likeness (QED) is 0.285. The number of nitrogens with one attached hydrogen (secondary N) is 4. The summed E-state index contributed by atoms with van der Waals surface area (Å²) in [6.07, 6.45) is 4.42. The molecular weight excluding hydrogens is 386 g/mol. The summed E-state index contributed by atoms with van der Waals surface area (Å²) in [7, 11) is 0. The van der Waals surface area contributed by atoms with Crippen LogP contribution in [-0.2, 0) is 4.79 Å². The smallest absolute Gasteiger partial charge is 0.238 e. The van der Waals surface area contributed by atoms with Crippen LogP contribution in [0.3, 0.4) is 0 Å². The molecule has 7 heteroatoms. The fourth-order valence-corrected chi connectivity index (χ4v) is 3.05. The zero-order valence-corrected chi connectivity index (χ0v) is 18.0. The Balaban J connectivity index is 0.00000420. The van der Waals surface area contributed by atoms with Crippen LogP contribution in [0.5, 0.6) is 0 Å². The number of amides is 1. The Hall–Kier alpha value is -1.70. The van der Waals surface area contributed by atoms with Crippen molar-refractivity contribution in [3.05, 3.63) is 42.5 Å². The van der Waals surface area contributed by atoms with Gasteiger partial charge in [-0.05, 0) is 76.4 Å². The summed E-state index contributed by atoms with van der Waals surface area (Å²) in [5.41, 5.74) is 6.32. The third-order valence-corrected chi connectivity index (χ3v) is 4.57. The van der Waals surface area contributed by atoms with Gasteiger partial charge in [0.05, 0.1) is 6.54 Å². The summed E-state index contributed by atoms with van der Waals surface area (Å²) in [4.78, 5) is 12.2. The average molecular weight is 422 g/mol. The molecule has 0 aliphatic carbocycles. The molecule has 0 heterocycles. The van der Waals surface area contributed by atoms with Crippen LogP contribution in [0.4, 0.5) is 5.69 Å². The molecule has 0 aromatic heterocycles. The lowest BCUT2D eigenvalue weighted by atomic mass is 10.1. The topological polar surface area (TPSA) is 91.2 Å². The largest absolute Gasteiger partial charge is 0.330 e. The van der Waals surface area contributed by atoms with Gasteiger partial charge in [0.25, 0.3) is 0 Å². The molecule has 2 aromatic carbocycles. The van der Waals surface area contributed by atoms with Crippen LogP contribution in [0.2, 0.25) is 0 Å². The van der Waals surface area contributed by atoms with Gasteiger partial charge in [0, 0.05) is 11.1 Å². The Morgan fingerprint density at radius 3 is 2.14 bits per heavy atom. The molecule has 0 unspecified atom stereocenters. The third-order valence-electron chi connectivity index (χ3n) is 4.57. The second-order valence-electron chi connectivity index (χ2n) is 6.95. The van der Waals surface area contributed by atoms with E-state index in [0.717, 1.165) is 68.6 Å². The van der Waals surface area contributed by atoms with E-state index in [1.54, 1.807) is 0 Å². The number of rotatable bonds is 15. The van der Waals surface area contributed by atoms with Crippen LogP contribution in [0.1, 0.15) is 25.7 Å². The summed E-state index contributed by atoms with van der Waals surface area (Å²) in [5.74, 6) is -0.00792. The van der Waals surface area contributed by atoms with Crippen LogP contribution in [-0.4, -0.2) is 51.7 Å².